The Hall–Kier alpha value is -0.610. The zero-order valence-electron chi connectivity index (χ0n) is 16.0. The number of nitrogens with zero attached hydrogens (tertiary/aromatic N) is 3. The van der Waals surface area contributed by atoms with E-state index in [2.05, 4.69) is 28.5 Å². The van der Waals surface area contributed by atoms with E-state index in [0.717, 1.165) is 12.5 Å². The molecule has 0 bridgehead atoms. The van der Waals surface area contributed by atoms with Gasteiger partial charge in [0.15, 0.2) is 6.61 Å². The molecule has 2 atom stereocenters. The molecular weight excluding hydrogens is 298 g/mol. The second-order valence-electron chi connectivity index (χ2n) is 8.06. The standard InChI is InChI=1S/C20H38N3O/c1-3-4-5-10-19-18-9-6-7-11-20(18)23(19)24-17-8-12-22-15-13-21(2)14-16-22/h18-19H,3-17H2,1-2H3/q+1. The van der Waals surface area contributed by atoms with Gasteiger partial charge >= 0.3 is 0 Å². The zero-order valence-corrected chi connectivity index (χ0v) is 16.0. The summed E-state index contributed by atoms with van der Waals surface area (Å²) >= 11 is 0. The maximum Gasteiger partial charge on any atom is 0.214 e. The van der Waals surface area contributed by atoms with Gasteiger partial charge in [-0.3, -0.25) is 4.84 Å². The highest BCUT2D eigenvalue weighted by molar-refractivity contribution is 5.86. The van der Waals surface area contributed by atoms with Crippen LogP contribution in [0.1, 0.15) is 64.7 Å². The predicted molar refractivity (Wildman–Crippen MR) is 99.7 cm³/mol. The Morgan fingerprint density at radius 2 is 1.92 bits per heavy atom. The first-order valence-electron chi connectivity index (χ1n) is 10.5. The third-order valence-corrected chi connectivity index (χ3v) is 6.22. The summed E-state index contributed by atoms with van der Waals surface area (Å²) in [6.45, 7) is 9.26. The van der Waals surface area contributed by atoms with Crippen LogP contribution in [-0.2, 0) is 4.84 Å². The van der Waals surface area contributed by atoms with E-state index in [4.69, 9.17) is 4.84 Å². The van der Waals surface area contributed by atoms with Crippen LogP contribution in [0.15, 0.2) is 0 Å². The number of rotatable bonds is 9. The van der Waals surface area contributed by atoms with Gasteiger partial charge < -0.3 is 9.80 Å². The number of piperazine rings is 1. The minimum absolute atomic E-state index is 0.690. The Bertz CT molecular complexity index is 415. The molecule has 0 aromatic carbocycles. The van der Waals surface area contributed by atoms with Crippen molar-refractivity contribution in [3.63, 3.8) is 0 Å². The van der Waals surface area contributed by atoms with Crippen LogP contribution in [0.25, 0.3) is 0 Å². The van der Waals surface area contributed by atoms with Crippen molar-refractivity contribution in [3.8, 4) is 0 Å². The summed E-state index contributed by atoms with van der Waals surface area (Å²) in [4.78, 5) is 11.3. The van der Waals surface area contributed by atoms with E-state index in [0.29, 0.717) is 6.04 Å². The molecule has 24 heavy (non-hydrogen) atoms. The number of unbranched alkanes of at least 4 members (excludes halogenated alkanes) is 2. The van der Waals surface area contributed by atoms with E-state index < -0.39 is 0 Å². The Kier molecular flexibility index (Phi) is 6.96. The van der Waals surface area contributed by atoms with Gasteiger partial charge in [-0.15, -0.1) is 0 Å². The van der Waals surface area contributed by atoms with Gasteiger partial charge in [0, 0.05) is 52.0 Å². The van der Waals surface area contributed by atoms with Crippen LogP contribution in [0.4, 0.5) is 0 Å². The summed E-state index contributed by atoms with van der Waals surface area (Å²) in [5.74, 6) is 0.855. The van der Waals surface area contributed by atoms with Crippen molar-refractivity contribution in [1.29, 1.82) is 0 Å². The highest BCUT2D eigenvalue weighted by atomic mass is 16.7. The molecule has 1 aliphatic carbocycles. The van der Waals surface area contributed by atoms with Gasteiger partial charge in [-0.1, -0.05) is 26.2 Å². The van der Waals surface area contributed by atoms with Crippen LogP contribution >= 0.6 is 0 Å². The molecular formula is C20H38N3O+. The monoisotopic (exact) mass is 336 g/mol. The minimum Gasteiger partial charge on any atom is -0.304 e. The molecule has 2 fully saturated rings. The Morgan fingerprint density at radius 1 is 1.08 bits per heavy atom. The second kappa shape index (κ2) is 9.19. The fourth-order valence-corrected chi connectivity index (χ4v) is 4.63. The average Bonchev–Trinajstić information content (AvgIpc) is 2.60. The third-order valence-electron chi connectivity index (χ3n) is 6.22. The lowest BCUT2D eigenvalue weighted by Crippen LogP contribution is -2.54. The first kappa shape index (κ1) is 18.2. The number of fused-ring (bicyclic) bond motifs is 1. The summed E-state index contributed by atoms with van der Waals surface area (Å²) < 4.78 is 2.35. The molecule has 4 heteroatoms. The van der Waals surface area contributed by atoms with Crippen LogP contribution in [0, 0.1) is 5.92 Å². The van der Waals surface area contributed by atoms with Gasteiger partial charge in [0.05, 0.1) is 0 Å². The lowest BCUT2D eigenvalue weighted by molar-refractivity contribution is -0.836. The first-order chi connectivity index (χ1) is 11.8. The van der Waals surface area contributed by atoms with Gasteiger partial charge in [0.25, 0.3) is 0 Å². The quantitative estimate of drug-likeness (QED) is 0.476. The fraction of sp³-hybridized carbons (Fsp3) is 0.950. The average molecular weight is 337 g/mol. The maximum atomic E-state index is 6.26. The van der Waals surface area contributed by atoms with E-state index in [1.54, 1.807) is 5.71 Å². The summed E-state index contributed by atoms with van der Waals surface area (Å²) in [6.07, 6.45) is 12.0. The van der Waals surface area contributed by atoms with Crippen LogP contribution in [0.2, 0.25) is 0 Å². The summed E-state index contributed by atoms with van der Waals surface area (Å²) in [6, 6.07) is 0.690. The zero-order chi connectivity index (χ0) is 16.8. The molecule has 0 spiro atoms. The molecule has 1 saturated heterocycles. The molecule has 138 valence electrons. The molecule has 3 aliphatic rings. The predicted octanol–water partition coefficient (Wildman–Crippen LogP) is 3.16. The number of hydrogen-bond donors (Lipinski definition) is 0. The van der Waals surface area contributed by atoms with Gasteiger partial charge in [-0.2, -0.15) is 0 Å². The Balaban J connectivity index is 1.40. The molecule has 0 aromatic heterocycles. The summed E-state index contributed by atoms with van der Waals surface area (Å²) in [5, 5.41) is 0. The van der Waals surface area contributed by atoms with Gasteiger partial charge in [-0.05, 0) is 31.0 Å². The van der Waals surface area contributed by atoms with E-state index in [9.17, 15) is 0 Å². The lowest BCUT2D eigenvalue weighted by Gasteiger charge is -2.35. The summed E-state index contributed by atoms with van der Waals surface area (Å²) in [7, 11) is 2.22. The number of likely N-dealkylation sites (N-methyl/N-ethyl adjacent to an activating group) is 1. The lowest BCUT2D eigenvalue weighted by atomic mass is 9.75. The topological polar surface area (TPSA) is 18.7 Å². The van der Waals surface area contributed by atoms with Crippen LogP contribution < -0.4 is 0 Å². The summed E-state index contributed by atoms with van der Waals surface area (Å²) in [5.41, 5.74) is 1.63. The van der Waals surface area contributed by atoms with Crippen molar-refractivity contribution < 1.29 is 9.58 Å². The van der Waals surface area contributed by atoms with Gasteiger partial charge in [0.1, 0.15) is 5.92 Å². The molecule has 0 N–H and O–H groups in total. The number of hydrogen-bond acceptors (Lipinski definition) is 3. The molecule has 4 nitrogen and oxygen atoms in total. The van der Waals surface area contributed by atoms with Crippen molar-refractivity contribution in [2.24, 2.45) is 5.92 Å². The SMILES string of the molecule is CCCCCC1C2CCCCC2=[N+]1OCCCN1CCN(C)CC1. The van der Waals surface area contributed by atoms with E-state index >= 15 is 0 Å². The molecule has 2 heterocycles. The van der Waals surface area contributed by atoms with Crippen molar-refractivity contribution in [1.82, 2.24) is 9.80 Å². The fourth-order valence-electron chi connectivity index (χ4n) is 4.63. The maximum absolute atomic E-state index is 6.26. The Morgan fingerprint density at radius 3 is 2.71 bits per heavy atom. The van der Waals surface area contributed by atoms with E-state index in [1.807, 2.05) is 0 Å². The Labute approximate surface area is 148 Å². The molecule has 2 unspecified atom stereocenters. The van der Waals surface area contributed by atoms with Crippen molar-refractivity contribution in [2.45, 2.75) is 70.8 Å². The molecule has 0 radical (unpaired) electrons. The third kappa shape index (κ3) is 4.51. The van der Waals surface area contributed by atoms with Crippen LogP contribution in [0.3, 0.4) is 0 Å². The second-order valence-corrected chi connectivity index (χ2v) is 8.06. The molecule has 2 aliphatic heterocycles. The van der Waals surface area contributed by atoms with Crippen LogP contribution in [0.5, 0.6) is 0 Å². The normalized spacial score (nSPS) is 28.6. The smallest absolute Gasteiger partial charge is 0.214 e. The van der Waals surface area contributed by atoms with Crippen molar-refractivity contribution in [3.05, 3.63) is 0 Å². The largest absolute Gasteiger partial charge is 0.304 e. The first-order valence-corrected chi connectivity index (χ1v) is 10.5. The van der Waals surface area contributed by atoms with Gasteiger partial charge in [-0.25, -0.2) is 0 Å². The number of hydroxylamine groups is 1. The molecule has 3 rings (SSSR count). The van der Waals surface area contributed by atoms with E-state index in [-0.39, 0.29) is 0 Å². The van der Waals surface area contributed by atoms with E-state index in [1.165, 1.54) is 90.5 Å². The molecule has 1 saturated carbocycles. The minimum atomic E-state index is 0.690. The van der Waals surface area contributed by atoms with Crippen molar-refractivity contribution >= 4 is 5.71 Å². The highest BCUT2D eigenvalue weighted by Crippen LogP contribution is 2.36. The van der Waals surface area contributed by atoms with Crippen molar-refractivity contribution in [2.75, 3.05) is 46.4 Å². The highest BCUT2D eigenvalue weighted by Gasteiger charge is 2.52. The molecule has 0 amide bonds. The van der Waals surface area contributed by atoms with Gasteiger partial charge in [0.2, 0.25) is 11.8 Å². The molecule has 0 aromatic rings. The van der Waals surface area contributed by atoms with Crippen LogP contribution in [-0.4, -0.2) is 72.7 Å².